The quantitative estimate of drug-likeness (QED) is 0.742. The Morgan fingerprint density at radius 1 is 1.36 bits per heavy atom. The van der Waals surface area contributed by atoms with Gasteiger partial charge < -0.3 is 10.4 Å². The molecule has 0 aromatic heterocycles. The van der Waals surface area contributed by atoms with E-state index in [0.29, 0.717) is 0 Å². The highest BCUT2D eigenvalue weighted by molar-refractivity contribution is 5.48. The van der Waals surface area contributed by atoms with Crippen molar-refractivity contribution in [2.45, 2.75) is 13.0 Å². The summed E-state index contributed by atoms with van der Waals surface area (Å²) in [6, 6.07) is 10.3. The Morgan fingerprint density at radius 3 is 2.71 bits per heavy atom. The van der Waals surface area contributed by atoms with Crippen LogP contribution in [0.2, 0.25) is 0 Å². The first kappa shape index (κ1) is 11.0. The minimum Gasteiger partial charge on any atom is -0.395 e. The first-order valence-corrected chi connectivity index (χ1v) is 4.88. The van der Waals surface area contributed by atoms with Crippen LogP contribution in [-0.2, 0) is 0 Å². The molecule has 0 bridgehead atoms. The molecule has 0 radical (unpaired) electrons. The first-order valence-electron chi connectivity index (χ1n) is 4.88. The van der Waals surface area contributed by atoms with E-state index in [-0.39, 0.29) is 12.6 Å². The van der Waals surface area contributed by atoms with Gasteiger partial charge in [-0.15, -0.1) is 0 Å². The molecule has 0 saturated heterocycles. The standard InChI is InChI=1S/C12H17NO/c1-11(10-14)13-9-5-8-12-6-3-2-4-7-12/h2-8,11,13-14H,9-10H2,1H3. The maximum absolute atomic E-state index is 8.76. The van der Waals surface area contributed by atoms with E-state index in [1.54, 1.807) is 0 Å². The summed E-state index contributed by atoms with van der Waals surface area (Å²) in [5.41, 5.74) is 1.20. The molecule has 1 unspecified atom stereocenters. The van der Waals surface area contributed by atoms with Gasteiger partial charge >= 0.3 is 0 Å². The lowest BCUT2D eigenvalue weighted by Crippen LogP contribution is -2.29. The first-order chi connectivity index (χ1) is 6.83. The van der Waals surface area contributed by atoms with Gasteiger partial charge in [0.1, 0.15) is 0 Å². The van der Waals surface area contributed by atoms with Crippen molar-refractivity contribution in [2.24, 2.45) is 0 Å². The van der Waals surface area contributed by atoms with E-state index in [2.05, 4.69) is 29.6 Å². The third-order valence-electron chi connectivity index (χ3n) is 1.97. The molecule has 1 rings (SSSR count). The van der Waals surface area contributed by atoms with E-state index >= 15 is 0 Å². The maximum atomic E-state index is 8.76. The normalized spacial score (nSPS) is 13.3. The average molecular weight is 191 g/mol. The van der Waals surface area contributed by atoms with Crippen molar-refractivity contribution in [3.8, 4) is 0 Å². The van der Waals surface area contributed by atoms with Gasteiger partial charge in [0.15, 0.2) is 0 Å². The molecule has 2 nitrogen and oxygen atoms in total. The van der Waals surface area contributed by atoms with Crippen LogP contribution in [0.1, 0.15) is 12.5 Å². The highest BCUT2D eigenvalue weighted by Crippen LogP contribution is 1.99. The summed E-state index contributed by atoms with van der Waals surface area (Å²) in [7, 11) is 0. The Bertz CT molecular complexity index is 269. The van der Waals surface area contributed by atoms with Crippen molar-refractivity contribution in [3.63, 3.8) is 0 Å². The molecule has 76 valence electrons. The highest BCUT2D eigenvalue weighted by atomic mass is 16.3. The van der Waals surface area contributed by atoms with E-state index in [1.807, 2.05) is 25.1 Å². The van der Waals surface area contributed by atoms with Crippen LogP contribution in [0.5, 0.6) is 0 Å². The lowest BCUT2D eigenvalue weighted by atomic mass is 10.2. The topological polar surface area (TPSA) is 32.3 Å². The molecule has 0 aliphatic carbocycles. The van der Waals surface area contributed by atoms with Gasteiger partial charge in [-0.05, 0) is 12.5 Å². The average Bonchev–Trinajstić information content (AvgIpc) is 2.25. The molecule has 2 N–H and O–H groups in total. The number of rotatable bonds is 5. The van der Waals surface area contributed by atoms with Crippen molar-refractivity contribution >= 4 is 6.08 Å². The van der Waals surface area contributed by atoms with Crippen LogP contribution in [0.4, 0.5) is 0 Å². The van der Waals surface area contributed by atoms with Crippen molar-refractivity contribution < 1.29 is 5.11 Å². The molecule has 0 aliphatic rings. The van der Waals surface area contributed by atoms with Gasteiger partial charge in [-0.3, -0.25) is 0 Å². The number of hydrogen-bond acceptors (Lipinski definition) is 2. The number of aliphatic hydroxyl groups is 1. The Balaban J connectivity index is 2.28. The van der Waals surface area contributed by atoms with E-state index in [1.165, 1.54) is 5.56 Å². The lowest BCUT2D eigenvalue weighted by Gasteiger charge is -2.06. The molecular formula is C12H17NO. The summed E-state index contributed by atoms with van der Waals surface area (Å²) in [5, 5.41) is 11.9. The summed E-state index contributed by atoms with van der Waals surface area (Å²) in [6.07, 6.45) is 4.12. The smallest absolute Gasteiger partial charge is 0.0582 e. The number of hydrogen-bond donors (Lipinski definition) is 2. The lowest BCUT2D eigenvalue weighted by molar-refractivity contribution is 0.255. The van der Waals surface area contributed by atoms with Gasteiger partial charge in [0.05, 0.1) is 6.61 Å². The molecule has 14 heavy (non-hydrogen) atoms. The van der Waals surface area contributed by atoms with Gasteiger partial charge in [0, 0.05) is 12.6 Å². The highest BCUT2D eigenvalue weighted by Gasteiger charge is 1.93. The van der Waals surface area contributed by atoms with Gasteiger partial charge in [-0.25, -0.2) is 0 Å². The molecule has 0 saturated carbocycles. The molecular weight excluding hydrogens is 174 g/mol. The number of aliphatic hydroxyl groups excluding tert-OH is 1. The monoisotopic (exact) mass is 191 g/mol. The second-order valence-electron chi connectivity index (χ2n) is 3.30. The molecule has 0 fully saturated rings. The molecule has 1 atom stereocenters. The fraction of sp³-hybridized carbons (Fsp3) is 0.333. The van der Waals surface area contributed by atoms with Crippen molar-refractivity contribution in [2.75, 3.05) is 13.2 Å². The zero-order valence-corrected chi connectivity index (χ0v) is 8.48. The summed E-state index contributed by atoms with van der Waals surface area (Å²) in [4.78, 5) is 0. The van der Waals surface area contributed by atoms with Crippen LogP contribution in [0.3, 0.4) is 0 Å². The minimum atomic E-state index is 0.162. The van der Waals surface area contributed by atoms with Crippen LogP contribution in [0.25, 0.3) is 6.08 Å². The molecule has 0 heterocycles. The predicted octanol–water partition coefficient (Wildman–Crippen LogP) is 1.67. The SMILES string of the molecule is CC(CO)NCC=Cc1ccccc1. The fourth-order valence-electron chi connectivity index (χ4n) is 1.09. The van der Waals surface area contributed by atoms with Gasteiger partial charge in [-0.2, -0.15) is 0 Å². The maximum Gasteiger partial charge on any atom is 0.0582 e. The third kappa shape index (κ3) is 4.21. The van der Waals surface area contributed by atoms with Crippen LogP contribution < -0.4 is 5.32 Å². The molecule has 0 spiro atoms. The molecule has 0 aliphatic heterocycles. The molecule has 0 amide bonds. The Morgan fingerprint density at radius 2 is 2.07 bits per heavy atom. The van der Waals surface area contributed by atoms with Crippen molar-refractivity contribution in [3.05, 3.63) is 42.0 Å². The fourth-order valence-corrected chi connectivity index (χ4v) is 1.09. The predicted molar refractivity (Wildman–Crippen MR) is 60.0 cm³/mol. The molecule has 1 aromatic rings. The number of benzene rings is 1. The van der Waals surface area contributed by atoms with Gasteiger partial charge in [-0.1, -0.05) is 42.5 Å². The van der Waals surface area contributed by atoms with Crippen LogP contribution in [-0.4, -0.2) is 24.3 Å². The van der Waals surface area contributed by atoms with Gasteiger partial charge in [0.2, 0.25) is 0 Å². The minimum absolute atomic E-state index is 0.162. The van der Waals surface area contributed by atoms with E-state index in [4.69, 9.17) is 5.11 Å². The Labute approximate surface area is 85.3 Å². The summed E-state index contributed by atoms with van der Waals surface area (Å²) in [5.74, 6) is 0. The van der Waals surface area contributed by atoms with Crippen LogP contribution in [0.15, 0.2) is 36.4 Å². The van der Waals surface area contributed by atoms with Crippen molar-refractivity contribution in [1.82, 2.24) is 5.32 Å². The summed E-state index contributed by atoms with van der Waals surface area (Å²) in [6.45, 7) is 2.92. The van der Waals surface area contributed by atoms with E-state index < -0.39 is 0 Å². The van der Waals surface area contributed by atoms with Crippen LogP contribution in [0, 0.1) is 0 Å². The second-order valence-corrected chi connectivity index (χ2v) is 3.30. The van der Waals surface area contributed by atoms with Crippen LogP contribution >= 0.6 is 0 Å². The Hall–Kier alpha value is -1.12. The zero-order chi connectivity index (χ0) is 10.2. The van der Waals surface area contributed by atoms with Gasteiger partial charge in [0.25, 0.3) is 0 Å². The molecule has 2 heteroatoms. The zero-order valence-electron chi connectivity index (χ0n) is 8.48. The molecule has 1 aromatic carbocycles. The van der Waals surface area contributed by atoms with E-state index in [9.17, 15) is 0 Å². The largest absolute Gasteiger partial charge is 0.395 e. The summed E-state index contributed by atoms with van der Waals surface area (Å²) >= 11 is 0. The second kappa shape index (κ2) is 6.35. The third-order valence-corrected chi connectivity index (χ3v) is 1.97. The van der Waals surface area contributed by atoms with Crippen molar-refractivity contribution in [1.29, 1.82) is 0 Å². The van der Waals surface area contributed by atoms with E-state index in [0.717, 1.165) is 6.54 Å². The summed E-state index contributed by atoms with van der Waals surface area (Å²) < 4.78 is 0. The number of nitrogens with one attached hydrogen (secondary N) is 1. The Kier molecular flexibility index (Phi) is 4.97.